The van der Waals surface area contributed by atoms with Crippen molar-refractivity contribution in [2.75, 3.05) is 11.4 Å². The number of amides is 1. The van der Waals surface area contributed by atoms with Crippen molar-refractivity contribution in [1.29, 1.82) is 0 Å². The quantitative estimate of drug-likeness (QED) is 0.782. The normalized spacial score (nSPS) is 11.9. The number of nitrogens with two attached hydrogens (primary N) is 1. The number of carbonyl (C=O) groups is 2. The molecule has 1 heterocycles. The van der Waals surface area contributed by atoms with Crippen LogP contribution < -0.4 is 10.6 Å². The van der Waals surface area contributed by atoms with Gasteiger partial charge in [0, 0.05) is 17.8 Å². The molecule has 1 rings (SSSR count). The van der Waals surface area contributed by atoms with Crippen LogP contribution in [0, 0.1) is 0 Å². The Bertz CT molecular complexity index is 448. The molecule has 1 amide bonds. The molecule has 1 atom stereocenters. The highest BCUT2D eigenvalue weighted by Crippen LogP contribution is 2.16. The van der Waals surface area contributed by atoms with Gasteiger partial charge in [-0.1, -0.05) is 6.92 Å². The number of primary amides is 1. The molecule has 0 aliphatic heterocycles. The van der Waals surface area contributed by atoms with Gasteiger partial charge in [0.25, 0.3) is 0 Å². The van der Waals surface area contributed by atoms with E-state index in [2.05, 4.69) is 4.98 Å². The van der Waals surface area contributed by atoms with Crippen LogP contribution in [-0.4, -0.2) is 34.6 Å². The maximum atomic E-state index is 11.1. The zero-order chi connectivity index (χ0) is 13.7. The second-order valence-corrected chi connectivity index (χ2v) is 4.05. The zero-order valence-corrected chi connectivity index (χ0v) is 10.5. The first kappa shape index (κ1) is 14.0. The highest BCUT2D eigenvalue weighted by molar-refractivity contribution is 5.93. The van der Waals surface area contributed by atoms with Crippen LogP contribution in [-0.2, 0) is 4.79 Å². The van der Waals surface area contributed by atoms with Crippen LogP contribution in [0.2, 0.25) is 0 Å². The number of hydrogen-bond donors (Lipinski definition) is 2. The Balaban J connectivity index is 3.07. The van der Waals surface area contributed by atoms with Gasteiger partial charge in [-0.25, -0.2) is 4.98 Å². The third-order valence-corrected chi connectivity index (χ3v) is 2.75. The first-order valence-corrected chi connectivity index (χ1v) is 5.70. The standard InChI is InChI=1S/C12H17N3O3/c1-3-8(2)15(7-11(16)17)10-6-9(12(13)18)4-5-14-10/h4-6,8H,3,7H2,1-2H3,(H2,13,18)(H,16,17). The topological polar surface area (TPSA) is 96.5 Å². The van der Waals surface area contributed by atoms with Crippen molar-refractivity contribution < 1.29 is 14.7 Å². The minimum absolute atomic E-state index is 0.0109. The van der Waals surface area contributed by atoms with E-state index in [0.29, 0.717) is 11.4 Å². The monoisotopic (exact) mass is 251 g/mol. The molecular weight excluding hydrogens is 234 g/mol. The number of nitrogens with zero attached hydrogens (tertiary/aromatic N) is 2. The Morgan fingerprint density at radius 1 is 1.56 bits per heavy atom. The number of hydrogen-bond acceptors (Lipinski definition) is 4. The maximum Gasteiger partial charge on any atom is 0.323 e. The molecule has 6 nitrogen and oxygen atoms in total. The fourth-order valence-corrected chi connectivity index (χ4v) is 1.56. The summed E-state index contributed by atoms with van der Waals surface area (Å²) in [5.74, 6) is -1.05. The van der Waals surface area contributed by atoms with Crippen LogP contribution in [0.5, 0.6) is 0 Å². The molecule has 0 saturated heterocycles. The lowest BCUT2D eigenvalue weighted by atomic mass is 10.2. The number of carbonyl (C=O) groups excluding carboxylic acids is 1. The van der Waals surface area contributed by atoms with Gasteiger partial charge in [-0.2, -0.15) is 0 Å². The van der Waals surface area contributed by atoms with Gasteiger partial charge in [0.2, 0.25) is 5.91 Å². The lowest BCUT2D eigenvalue weighted by Gasteiger charge is -2.28. The van der Waals surface area contributed by atoms with Crippen LogP contribution in [0.25, 0.3) is 0 Å². The third kappa shape index (κ3) is 3.44. The minimum atomic E-state index is -0.943. The van der Waals surface area contributed by atoms with Crippen LogP contribution >= 0.6 is 0 Å². The predicted octanol–water partition coefficient (Wildman–Crippen LogP) is 0.870. The average Bonchev–Trinajstić information content (AvgIpc) is 2.35. The van der Waals surface area contributed by atoms with E-state index in [9.17, 15) is 9.59 Å². The summed E-state index contributed by atoms with van der Waals surface area (Å²) in [7, 11) is 0. The molecule has 0 aromatic carbocycles. The fourth-order valence-electron chi connectivity index (χ4n) is 1.56. The summed E-state index contributed by atoms with van der Waals surface area (Å²) in [6.07, 6.45) is 2.22. The van der Waals surface area contributed by atoms with Gasteiger partial charge in [0.1, 0.15) is 12.4 Å². The molecule has 6 heteroatoms. The second kappa shape index (κ2) is 6.00. The largest absolute Gasteiger partial charge is 0.480 e. The van der Waals surface area contributed by atoms with Crippen LogP contribution in [0.3, 0.4) is 0 Å². The zero-order valence-electron chi connectivity index (χ0n) is 10.5. The van der Waals surface area contributed by atoms with Crippen molar-refractivity contribution in [1.82, 2.24) is 4.98 Å². The van der Waals surface area contributed by atoms with Crippen molar-refractivity contribution >= 4 is 17.7 Å². The van der Waals surface area contributed by atoms with E-state index in [1.807, 2.05) is 13.8 Å². The van der Waals surface area contributed by atoms with E-state index in [1.54, 1.807) is 4.90 Å². The Morgan fingerprint density at radius 2 is 2.22 bits per heavy atom. The number of aliphatic carboxylic acids is 1. The van der Waals surface area contributed by atoms with Gasteiger partial charge in [-0.15, -0.1) is 0 Å². The molecule has 0 bridgehead atoms. The molecule has 1 unspecified atom stereocenters. The van der Waals surface area contributed by atoms with Gasteiger partial charge < -0.3 is 15.7 Å². The summed E-state index contributed by atoms with van der Waals surface area (Å²) in [6.45, 7) is 3.70. The van der Waals surface area contributed by atoms with Crippen LogP contribution in [0.4, 0.5) is 5.82 Å². The minimum Gasteiger partial charge on any atom is -0.480 e. The van der Waals surface area contributed by atoms with Crippen molar-refractivity contribution in [3.63, 3.8) is 0 Å². The number of anilines is 1. The van der Waals surface area contributed by atoms with Crippen molar-refractivity contribution in [3.8, 4) is 0 Å². The molecule has 18 heavy (non-hydrogen) atoms. The Labute approximate surface area is 105 Å². The van der Waals surface area contributed by atoms with E-state index in [4.69, 9.17) is 10.8 Å². The number of carboxylic acid groups (broad SMARTS) is 1. The molecule has 0 saturated carbocycles. The van der Waals surface area contributed by atoms with Gasteiger partial charge in [0.15, 0.2) is 0 Å². The smallest absolute Gasteiger partial charge is 0.323 e. The Hall–Kier alpha value is -2.11. The second-order valence-electron chi connectivity index (χ2n) is 4.05. The van der Waals surface area contributed by atoms with Gasteiger partial charge >= 0.3 is 5.97 Å². The van der Waals surface area contributed by atoms with E-state index in [1.165, 1.54) is 18.3 Å². The van der Waals surface area contributed by atoms with E-state index in [-0.39, 0.29) is 12.6 Å². The van der Waals surface area contributed by atoms with Gasteiger partial charge in [-0.3, -0.25) is 9.59 Å². The SMILES string of the molecule is CCC(C)N(CC(=O)O)c1cc(C(N)=O)ccn1. The summed E-state index contributed by atoms with van der Waals surface area (Å²) in [6, 6.07) is 3.02. The summed E-state index contributed by atoms with van der Waals surface area (Å²) < 4.78 is 0. The van der Waals surface area contributed by atoms with Gasteiger partial charge in [0.05, 0.1) is 0 Å². The molecule has 0 aliphatic rings. The van der Waals surface area contributed by atoms with Crippen LogP contribution in [0.15, 0.2) is 18.3 Å². The lowest BCUT2D eigenvalue weighted by Crippen LogP contribution is -2.37. The summed E-state index contributed by atoms with van der Waals surface area (Å²) >= 11 is 0. The highest BCUT2D eigenvalue weighted by Gasteiger charge is 2.18. The third-order valence-electron chi connectivity index (χ3n) is 2.75. The van der Waals surface area contributed by atoms with E-state index in [0.717, 1.165) is 6.42 Å². The molecule has 1 aromatic rings. The summed E-state index contributed by atoms with van der Waals surface area (Å²) in [5.41, 5.74) is 5.51. The Morgan fingerprint density at radius 3 is 2.72 bits per heavy atom. The molecule has 0 fully saturated rings. The van der Waals surface area contributed by atoms with Crippen molar-refractivity contribution in [2.24, 2.45) is 5.73 Å². The molecule has 98 valence electrons. The molecule has 1 aromatic heterocycles. The number of pyridine rings is 1. The average molecular weight is 251 g/mol. The molecule has 0 aliphatic carbocycles. The van der Waals surface area contributed by atoms with Crippen molar-refractivity contribution in [3.05, 3.63) is 23.9 Å². The molecule has 3 N–H and O–H groups in total. The number of rotatable bonds is 6. The maximum absolute atomic E-state index is 11.1. The highest BCUT2D eigenvalue weighted by atomic mass is 16.4. The summed E-state index contributed by atoms with van der Waals surface area (Å²) in [5, 5.41) is 8.91. The van der Waals surface area contributed by atoms with Crippen LogP contribution in [0.1, 0.15) is 30.6 Å². The molecule has 0 spiro atoms. The van der Waals surface area contributed by atoms with E-state index < -0.39 is 11.9 Å². The Kier molecular flexibility index (Phi) is 4.65. The molecular formula is C12H17N3O3. The first-order chi connectivity index (χ1) is 8.45. The first-order valence-electron chi connectivity index (χ1n) is 5.70. The number of carboxylic acids is 1. The fraction of sp³-hybridized carbons (Fsp3) is 0.417. The number of aromatic nitrogens is 1. The van der Waals surface area contributed by atoms with Crippen molar-refractivity contribution in [2.45, 2.75) is 26.3 Å². The predicted molar refractivity (Wildman–Crippen MR) is 67.5 cm³/mol. The van der Waals surface area contributed by atoms with Gasteiger partial charge in [-0.05, 0) is 25.5 Å². The molecule has 0 radical (unpaired) electrons. The lowest BCUT2D eigenvalue weighted by molar-refractivity contribution is -0.135. The van der Waals surface area contributed by atoms with E-state index >= 15 is 0 Å². The summed E-state index contributed by atoms with van der Waals surface area (Å²) in [4.78, 5) is 27.7.